The Labute approximate surface area is 252 Å². The van der Waals surface area contributed by atoms with E-state index in [0.717, 1.165) is 37.8 Å². The van der Waals surface area contributed by atoms with Crippen LogP contribution in [-0.2, 0) is 34.9 Å². The van der Waals surface area contributed by atoms with E-state index in [0.29, 0.717) is 50.6 Å². The predicted octanol–water partition coefficient (Wildman–Crippen LogP) is 3.28. The van der Waals surface area contributed by atoms with Gasteiger partial charge in [0.25, 0.3) is 5.91 Å². The number of amides is 4. The summed E-state index contributed by atoms with van der Waals surface area (Å²) in [6, 6.07) is 3.23. The quantitative estimate of drug-likeness (QED) is 0.456. The lowest BCUT2D eigenvalue weighted by molar-refractivity contribution is -0.141. The maximum absolute atomic E-state index is 13.7. The molecule has 3 N–H and O–H groups in total. The highest BCUT2D eigenvalue weighted by Crippen LogP contribution is 2.47. The second-order valence-electron chi connectivity index (χ2n) is 12.9. The van der Waals surface area contributed by atoms with Crippen LogP contribution >= 0.6 is 0 Å². The second kappa shape index (κ2) is 13.2. The molecule has 0 bridgehead atoms. The van der Waals surface area contributed by atoms with Crippen molar-refractivity contribution in [2.45, 2.75) is 114 Å². The van der Waals surface area contributed by atoms with E-state index >= 15 is 0 Å². The lowest BCUT2D eigenvalue weighted by atomic mass is 10.0. The molecule has 1 aliphatic carbocycles. The number of hydrogen-bond acceptors (Lipinski definition) is 7. The van der Waals surface area contributed by atoms with E-state index in [2.05, 4.69) is 15.4 Å². The van der Waals surface area contributed by atoms with Gasteiger partial charge in [0.15, 0.2) is 0 Å². The van der Waals surface area contributed by atoms with Crippen LogP contribution in [0, 0.1) is 11.7 Å². The summed E-state index contributed by atoms with van der Waals surface area (Å²) in [7, 11) is -4.14. The predicted molar refractivity (Wildman–Crippen MR) is 156 cm³/mol. The molecule has 13 heteroatoms. The average Bonchev–Trinajstić information content (AvgIpc) is 3.36. The van der Waals surface area contributed by atoms with Gasteiger partial charge in [-0.05, 0) is 76.5 Å². The summed E-state index contributed by atoms with van der Waals surface area (Å²) >= 11 is 0. The Bertz CT molecular complexity index is 1310. The fourth-order valence-corrected chi connectivity index (χ4v) is 7.19. The Kier molecular flexibility index (Phi) is 10.0. The van der Waals surface area contributed by atoms with Gasteiger partial charge in [0.05, 0.1) is 5.75 Å². The summed E-state index contributed by atoms with van der Waals surface area (Å²) in [4.78, 5) is 54.9. The van der Waals surface area contributed by atoms with Crippen LogP contribution < -0.4 is 15.4 Å². The van der Waals surface area contributed by atoms with Crippen molar-refractivity contribution in [2.75, 3.05) is 6.54 Å². The SMILES string of the molecule is CC(C)(C)OC(=O)N[C@H]1CCCCCCC[C@@H]2C[C@@]2(C(=O)NS(=O)(=O)Cc2ccc(F)cc2)NC(=O)[C@@H]2CCCN2C1=O. The van der Waals surface area contributed by atoms with Gasteiger partial charge >= 0.3 is 6.09 Å². The highest BCUT2D eigenvalue weighted by atomic mass is 32.2. The zero-order valence-corrected chi connectivity index (χ0v) is 25.9. The first kappa shape index (κ1) is 32.7. The molecule has 1 saturated carbocycles. The van der Waals surface area contributed by atoms with Crippen molar-refractivity contribution in [1.82, 2.24) is 20.3 Å². The fourth-order valence-electron chi connectivity index (χ4n) is 6.02. The minimum absolute atomic E-state index is 0.241. The van der Waals surface area contributed by atoms with Gasteiger partial charge in [0, 0.05) is 6.54 Å². The smallest absolute Gasteiger partial charge is 0.408 e. The van der Waals surface area contributed by atoms with Crippen LogP contribution in [0.4, 0.5) is 9.18 Å². The summed E-state index contributed by atoms with van der Waals surface area (Å²) in [6.45, 7) is 5.52. The molecule has 0 unspecified atom stereocenters. The standard InChI is InChI=1S/C30H43FN4O7S/c1-29(2,3)42-28(39)32-23-11-8-6-4-5-7-10-21-18-30(21,33-25(36)24-12-9-17-35(24)26(23)37)27(38)34-43(40,41)19-20-13-15-22(31)16-14-20/h13-16,21,23-24H,4-12,17-19H2,1-3H3,(H,32,39)(H,33,36)(H,34,38)/t21-,23+,24+,30-/m1/s1. The molecule has 2 aliphatic heterocycles. The summed E-state index contributed by atoms with van der Waals surface area (Å²) in [5.74, 6) is -2.98. The maximum atomic E-state index is 13.7. The molecule has 2 saturated heterocycles. The molecule has 4 amide bonds. The number of fused-ring (bicyclic) bond motifs is 2. The van der Waals surface area contributed by atoms with Gasteiger partial charge in [-0.15, -0.1) is 0 Å². The molecule has 0 radical (unpaired) electrons. The lowest BCUT2D eigenvalue weighted by Gasteiger charge is -2.30. The van der Waals surface area contributed by atoms with Gasteiger partial charge in [-0.25, -0.2) is 17.6 Å². The number of nitrogens with zero attached hydrogens (tertiary/aromatic N) is 1. The fraction of sp³-hybridized carbons (Fsp3) is 0.667. The molecule has 43 heavy (non-hydrogen) atoms. The molecule has 238 valence electrons. The normalized spacial score (nSPS) is 27.1. The highest BCUT2D eigenvalue weighted by molar-refractivity contribution is 7.89. The Hall–Kier alpha value is -3.22. The van der Waals surface area contributed by atoms with E-state index in [9.17, 15) is 32.0 Å². The van der Waals surface area contributed by atoms with Crippen LogP contribution in [0.2, 0.25) is 0 Å². The molecule has 3 fully saturated rings. The number of nitrogens with one attached hydrogen (secondary N) is 3. The molecule has 0 spiro atoms. The minimum atomic E-state index is -4.14. The summed E-state index contributed by atoms with van der Waals surface area (Å²) in [6.07, 6.45) is 5.69. The molecule has 4 rings (SSSR count). The van der Waals surface area contributed by atoms with E-state index in [4.69, 9.17) is 4.74 Å². The van der Waals surface area contributed by atoms with Crippen LogP contribution in [0.1, 0.15) is 90.5 Å². The van der Waals surface area contributed by atoms with Crippen molar-refractivity contribution in [1.29, 1.82) is 0 Å². The summed E-state index contributed by atoms with van der Waals surface area (Å²) < 4.78 is 46.5. The Morgan fingerprint density at radius 3 is 2.35 bits per heavy atom. The van der Waals surface area contributed by atoms with Crippen molar-refractivity contribution >= 4 is 33.8 Å². The molecule has 2 heterocycles. The lowest BCUT2D eigenvalue weighted by Crippen LogP contribution is -2.58. The second-order valence-corrected chi connectivity index (χ2v) is 14.6. The molecule has 3 aliphatic rings. The van der Waals surface area contributed by atoms with Crippen molar-refractivity contribution in [3.8, 4) is 0 Å². The van der Waals surface area contributed by atoms with Crippen LogP contribution in [0.25, 0.3) is 0 Å². The van der Waals surface area contributed by atoms with Gasteiger partial charge in [-0.2, -0.15) is 0 Å². The summed E-state index contributed by atoms with van der Waals surface area (Å²) in [5.41, 5.74) is -1.84. The van der Waals surface area contributed by atoms with Crippen LogP contribution in [0.15, 0.2) is 24.3 Å². The molecule has 1 aromatic carbocycles. The topological polar surface area (TPSA) is 151 Å². The molecule has 0 aromatic heterocycles. The Morgan fingerprint density at radius 2 is 1.67 bits per heavy atom. The monoisotopic (exact) mass is 622 g/mol. The number of ether oxygens (including phenoxy) is 1. The first-order valence-electron chi connectivity index (χ1n) is 15.1. The molecular weight excluding hydrogens is 579 g/mol. The Morgan fingerprint density at radius 1 is 1.02 bits per heavy atom. The number of hydrogen-bond donors (Lipinski definition) is 3. The van der Waals surface area contributed by atoms with E-state index in [1.165, 1.54) is 17.0 Å². The van der Waals surface area contributed by atoms with Crippen LogP contribution in [0.5, 0.6) is 0 Å². The zero-order chi connectivity index (χ0) is 31.4. The molecular formula is C30H43FN4O7S. The number of rotatable bonds is 5. The average molecular weight is 623 g/mol. The number of benzene rings is 1. The maximum Gasteiger partial charge on any atom is 0.408 e. The minimum Gasteiger partial charge on any atom is -0.444 e. The third kappa shape index (κ3) is 8.67. The van der Waals surface area contributed by atoms with Gasteiger partial charge in [0.2, 0.25) is 21.8 Å². The van der Waals surface area contributed by atoms with E-state index < -0.39 is 62.7 Å². The van der Waals surface area contributed by atoms with Crippen molar-refractivity contribution in [3.05, 3.63) is 35.6 Å². The number of halogens is 1. The van der Waals surface area contributed by atoms with Crippen molar-refractivity contribution in [2.24, 2.45) is 5.92 Å². The Balaban J connectivity index is 1.51. The molecule has 11 nitrogen and oxygen atoms in total. The van der Waals surface area contributed by atoms with Crippen molar-refractivity contribution in [3.63, 3.8) is 0 Å². The number of sulfonamides is 1. The largest absolute Gasteiger partial charge is 0.444 e. The van der Waals surface area contributed by atoms with E-state index in [-0.39, 0.29) is 11.8 Å². The highest BCUT2D eigenvalue weighted by Gasteiger charge is 2.61. The molecule has 4 atom stereocenters. The van der Waals surface area contributed by atoms with Crippen molar-refractivity contribution < 1.29 is 36.7 Å². The zero-order valence-electron chi connectivity index (χ0n) is 25.1. The van der Waals surface area contributed by atoms with Crippen LogP contribution in [-0.4, -0.2) is 66.9 Å². The van der Waals surface area contributed by atoms with Gasteiger partial charge in [-0.1, -0.05) is 44.2 Å². The first-order valence-corrected chi connectivity index (χ1v) is 16.8. The van der Waals surface area contributed by atoms with Crippen LogP contribution in [0.3, 0.4) is 0 Å². The van der Waals surface area contributed by atoms with E-state index in [1.54, 1.807) is 20.8 Å². The summed E-state index contributed by atoms with van der Waals surface area (Å²) in [5, 5.41) is 5.54. The number of carbonyl (C=O) groups excluding carboxylic acids is 4. The first-order chi connectivity index (χ1) is 20.2. The third-order valence-corrected chi connectivity index (χ3v) is 9.46. The number of alkyl carbamates (subject to hydrolysis) is 1. The van der Waals surface area contributed by atoms with Gasteiger partial charge in [-0.3, -0.25) is 19.1 Å². The van der Waals surface area contributed by atoms with E-state index in [1.807, 2.05) is 0 Å². The number of carbonyl (C=O) groups is 4. The third-order valence-electron chi connectivity index (χ3n) is 8.25. The van der Waals surface area contributed by atoms with Gasteiger partial charge < -0.3 is 20.3 Å². The molecule has 1 aromatic rings. The van der Waals surface area contributed by atoms with Gasteiger partial charge in [0.1, 0.15) is 29.0 Å².